The van der Waals surface area contributed by atoms with E-state index < -0.39 is 0 Å². The molecule has 0 aliphatic carbocycles. The number of halogens is 1. The van der Waals surface area contributed by atoms with Gasteiger partial charge in [0.05, 0.1) is 5.39 Å². The summed E-state index contributed by atoms with van der Waals surface area (Å²) in [5.74, 6) is 1.77. The monoisotopic (exact) mass is 497 g/mol. The maximum Gasteiger partial charge on any atom is 0.223 e. The summed E-state index contributed by atoms with van der Waals surface area (Å²) in [4.78, 5) is 29.1. The van der Waals surface area contributed by atoms with Crippen molar-refractivity contribution in [3.63, 3.8) is 0 Å². The minimum atomic E-state index is 0.0755. The average Bonchev–Trinajstić information content (AvgIpc) is 3.43. The third-order valence-electron chi connectivity index (χ3n) is 7.47. The number of hydrogen-bond donors (Lipinski definition) is 1. The fraction of sp³-hybridized carbons (Fsp3) is 0.500. The highest BCUT2D eigenvalue weighted by Crippen LogP contribution is 2.35. The molecule has 2 saturated heterocycles. The number of aryl methyl sites for hydroxylation is 3. The Labute approximate surface area is 210 Å². The smallest absolute Gasteiger partial charge is 0.223 e. The van der Waals surface area contributed by atoms with E-state index in [2.05, 4.69) is 58.0 Å². The number of nitrogens with one attached hydrogen (secondary N) is 1. The Balaban J connectivity index is 1.13. The molecule has 0 bridgehead atoms. The average molecular weight is 498 g/mol. The molecule has 4 heterocycles. The van der Waals surface area contributed by atoms with Crippen LogP contribution in [0.25, 0.3) is 10.2 Å². The summed E-state index contributed by atoms with van der Waals surface area (Å²) in [5, 5.41) is 5.20. The van der Waals surface area contributed by atoms with Crippen LogP contribution in [0.1, 0.15) is 35.3 Å². The number of amides is 1. The highest BCUT2D eigenvalue weighted by molar-refractivity contribution is 7.18. The van der Waals surface area contributed by atoms with Gasteiger partial charge in [-0.1, -0.05) is 17.7 Å². The normalized spacial score (nSPS) is 19.2. The van der Waals surface area contributed by atoms with Crippen LogP contribution in [0.15, 0.2) is 24.5 Å². The van der Waals surface area contributed by atoms with E-state index in [4.69, 9.17) is 11.6 Å². The van der Waals surface area contributed by atoms with Gasteiger partial charge in [0.1, 0.15) is 17.0 Å². The van der Waals surface area contributed by atoms with Gasteiger partial charge < -0.3 is 15.1 Å². The van der Waals surface area contributed by atoms with Crippen LogP contribution >= 0.6 is 22.9 Å². The van der Waals surface area contributed by atoms with Crippen LogP contribution in [-0.2, 0) is 4.79 Å². The predicted octanol–water partition coefficient (Wildman–Crippen LogP) is 5.13. The van der Waals surface area contributed by atoms with E-state index in [1.165, 1.54) is 27.1 Å². The zero-order valence-corrected chi connectivity index (χ0v) is 21.7. The molecule has 3 aromatic rings. The fourth-order valence-electron chi connectivity index (χ4n) is 5.29. The Hall–Kier alpha value is -2.38. The SMILES string of the molecule is Cc1ccc(Cl)cc1N1CCC(CNC(=O)C2CCN(c3ncnc4sc(C)c(C)c34)CC2)C1. The Morgan fingerprint density at radius 3 is 2.68 bits per heavy atom. The van der Waals surface area contributed by atoms with Gasteiger partial charge in [-0.2, -0.15) is 0 Å². The molecule has 6 nitrogen and oxygen atoms in total. The number of nitrogens with zero attached hydrogens (tertiary/aromatic N) is 4. The first-order chi connectivity index (χ1) is 16.4. The molecule has 34 heavy (non-hydrogen) atoms. The van der Waals surface area contributed by atoms with Crippen LogP contribution in [0.5, 0.6) is 0 Å². The number of anilines is 2. The van der Waals surface area contributed by atoms with Gasteiger partial charge in [-0.3, -0.25) is 4.79 Å². The molecule has 1 N–H and O–H groups in total. The maximum absolute atomic E-state index is 12.9. The quantitative estimate of drug-likeness (QED) is 0.529. The number of thiophene rings is 1. The van der Waals surface area contributed by atoms with E-state index in [-0.39, 0.29) is 11.8 Å². The third-order valence-corrected chi connectivity index (χ3v) is 8.82. The molecule has 1 unspecified atom stereocenters. The van der Waals surface area contributed by atoms with Gasteiger partial charge in [0.25, 0.3) is 0 Å². The van der Waals surface area contributed by atoms with Crippen molar-refractivity contribution >= 4 is 50.6 Å². The molecule has 0 saturated carbocycles. The van der Waals surface area contributed by atoms with Crippen molar-refractivity contribution in [1.82, 2.24) is 15.3 Å². The van der Waals surface area contributed by atoms with E-state index in [9.17, 15) is 4.79 Å². The summed E-state index contributed by atoms with van der Waals surface area (Å²) in [6, 6.07) is 6.07. The Bertz CT molecular complexity index is 1200. The molecular formula is C26H32ClN5OS. The van der Waals surface area contributed by atoms with E-state index >= 15 is 0 Å². The molecule has 1 aromatic carbocycles. The highest BCUT2D eigenvalue weighted by atomic mass is 35.5. The van der Waals surface area contributed by atoms with E-state index in [1.807, 2.05) is 6.07 Å². The van der Waals surface area contributed by atoms with E-state index in [1.54, 1.807) is 17.7 Å². The van der Waals surface area contributed by atoms with Crippen LogP contribution in [0.2, 0.25) is 5.02 Å². The highest BCUT2D eigenvalue weighted by Gasteiger charge is 2.29. The number of aromatic nitrogens is 2. The van der Waals surface area contributed by atoms with Crippen molar-refractivity contribution in [3.05, 3.63) is 45.6 Å². The summed E-state index contributed by atoms with van der Waals surface area (Å²) >= 11 is 7.94. The van der Waals surface area contributed by atoms with Gasteiger partial charge in [0.2, 0.25) is 5.91 Å². The topological polar surface area (TPSA) is 61.4 Å². The molecule has 1 amide bonds. The lowest BCUT2D eigenvalue weighted by Crippen LogP contribution is -2.42. The number of piperidine rings is 1. The molecule has 180 valence electrons. The van der Waals surface area contributed by atoms with Crippen LogP contribution in [-0.4, -0.2) is 48.6 Å². The zero-order valence-electron chi connectivity index (χ0n) is 20.1. The van der Waals surface area contributed by atoms with Crippen molar-refractivity contribution in [3.8, 4) is 0 Å². The van der Waals surface area contributed by atoms with E-state index in [0.717, 1.165) is 67.7 Å². The Morgan fingerprint density at radius 1 is 1.12 bits per heavy atom. The van der Waals surface area contributed by atoms with Crippen molar-refractivity contribution < 1.29 is 4.79 Å². The zero-order chi connectivity index (χ0) is 23.8. The molecule has 2 aromatic heterocycles. The van der Waals surface area contributed by atoms with Crippen LogP contribution in [0.4, 0.5) is 11.5 Å². The van der Waals surface area contributed by atoms with Gasteiger partial charge in [-0.25, -0.2) is 9.97 Å². The molecule has 0 spiro atoms. The summed E-state index contributed by atoms with van der Waals surface area (Å²) in [6.45, 7) is 10.8. The van der Waals surface area contributed by atoms with Gasteiger partial charge in [-0.15, -0.1) is 11.3 Å². The number of benzene rings is 1. The predicted molar refractivity (Wildman–Crippen MR) is 141 cm³/mol. The van der Waals surface area contributed by atoms with Crippen LogP contribution < -0.4 is 15.1 Å². The van der Waals surface area contributed by atoms with Gasteiger partial charge in [0, 0.05) is 54.2 Å². The molecule has 0 radical (unpaired) electrons. The maximum atomic E-state index is 12.9. The molecule has 2 aliphatic rings. The van der Waals surface area contributed by atoms with Crippen molar-refractivity contribution in [2.75, 3.05) is 42.5 Å². The van der Waals surface area contributed by atoms with E-state index in [0.29, 0.717) is 5.92 Å². The molecule has 1 atom stereocenters. The molecule has 2 aliphatic heterocycles. The van der Waals surface area contributed by atoms with Crippen LogP contribution in [0.3, 0.4) is 0 Å². The number of rotatable bonds is 5. The summed E-state index contributed by atoms with van der Waals surface area (Å²) < 4.78 is 0. The standard InChI is InChI=1S/C26H32ClN5OS/c1-16-4-5-21(27)12-22(16)32-9-6-19(14-32)13-28-25(33)20-7-10-31(11-8-20)24-23-17(2)18(3)34-26(23)30-15-29-24/h4-5,12,15,19-20H,6-11,13-14H2,1-3H3,(H,28,33). The summed E-state index contributed by atoms with van der Waals surface area (Å²) in [6.07, 6.45) is 4.48. The lowest BCUT2D eigenvalue weighted by atomic mass is 9.95. The summed E-state index contributed by atoms with van der Waals surface area (Å²) in [7, 11) is 0. The second-order valence-electron chi connectivity index (χ2n) is 9.70. The van der Waals surface area contributed by atoms with Gasteiger partial charge in [0.15, 0.2) is 0 Å². The first-order valence-corrected chi connectivity index (χ1v) is 13.3. The molecular weight excluding hydrogens is 466 g/mol. The number of carbonyl (C=O) groups excluding carboxylic acids is 1. The third kappa shape index (κ3) is 4.60. The fourth-order valence-corrected chi connectivity index (χ4v) is 6.45. The first kappa shape index (κ1) is 23.4. The molecule has 8 heteroatoms. The van der Waals surface area contributed by atoms with Gasteiger partial charge in [-0.05, 0) is 69.2 Å². The molecule has 2 fully saturated rings. The van der Waals surface area contributed by atoms with Crippen LogP contribution in [0, 0.1) is 32.6 Å². The number of fused-ring (bicyclic) bond motifs is 1. The lowest BCUT2D eigenvalue weighted by molar-refractivity contribution is -0.125. The summed E-state index contributed by atoms with van der Waals surface area (Å²) in [5.41, 5.74) is 3.73. The Kier molecular flexibility index (Phi) is 6.67. The van der Waals surface area contributed by atoms with Crippen molar-refractivity contribution in [2.45, 2.75) is 40.0 Å². The number of carbonyl (C=O) groups is 1. The second-order valence-corrected chi connectivity index (χ2v) is 11.3. The lowest BCUT2D eigenvalue weighted by Gasteiger charge is -2.32. The van der Waals surface area contributed by atoms with Gasteiger partial charge >= 0.3 is 0 Å². The largest absolute Gasteiger partial charge is 0.371 e. The first-order valence-electron chi connectivity index (χ1n) is 12.1. The molecule has 5 rings (SSSR count). The minimum Gasteiger partial charge on any atom is -0.371 e. The minimum absolute atomic E-state index is 0.0755. The van der Waals surface area contributed by atoms with Crippen molar-refractivity contribution in [1.29, 1.82) is 0 Å². The number of hydrogen-bond acceptors (Lipinski definition) is 6. The van der Waals surface area contributed by atoms with Crippen molar-refractivity contribution in [2.24, 2.45) is 11.8 Å². The second kappa shape index (κ2) is 9.70. The Morgan fingerprint density at radius 2 is 1.88 bits per heavy atom.